The maximum Gasteiger partial charge on any atom is 0.149 e. The smallest absolute Gasteiger partial charge is 0.149 e. The van der Waals surface area contributed by atoms with E-state index in [-0.39, 0.29) is 17.0 Å². The zero-order chi connectivity index (χ0) is 11.4. The normalized spacial score (nSPS) is 13.8. The molecule has 0 aromatic carbocycles. The minimum Gasteiger partial charge on any atom is -0.321 e. The Morgan fingerprint density at radius 2 is 1.79 bits per heavy atom. The first-order valence-corrected chi connectivity index (χ1v) is 5.10. The van der Waals surface area contributed by atoms with Crippen molar-refractivity contribution in [2.24, 2.45) is 11.1 Å². The summed E-state index contributed by atoms with van der Waals surface area (Å²) in [5.74, 6) is 0.198. The molecule has 0 aromatic rings. The monoisotopic (exact) mass is 199 g/mol. The second-order valence-electron chi connectivity index (χ2n) is 4.64. The topological polar surface area (TPSA) is 60.2 Å². The van der Waals surface area contributed by atoms with Gasteiger partial charge in [-0.3, -0.25) is 9.59 Å². The van der Waals surface area contributed by atoms with Crippen molar-refractivity contribution in [2.45, 2.75) is 53.0 Å². The molecule has 1 unspecified atom stereocenters. The van der Waals surface area contributed by atoms with Gasteiger partial charge in [0.25, 0.3) is 0 Å². The number of ketones is 2. The van der Waals surface area contributed by atoms with Gasteiger partial charge >= 0.3 is 0 Å². The van der Waals surface area contributed by atoms with E-state index in [4.69, 9.17) is 5.73 Å². The van der Waals surface area contributed by atoms with Crippen molar-refractivity contribution >= 4 is 11.6 Å². The molecule has 3 nitrogen and oxygen atoms in total. The van der Waals surface area contributed by atoms with Gasteiger partial charge in [0.15, 0.2) is 0 Å². The molecule has 0 amide bonds. The van der Waals surface area contributed by atoms with E-state index in [1.807, 2.05) is 20.8 Å². The highest BCUT2D eigenvalue weighted by molar-refractivity contribution is 5.86. The standard InChI is InChI=1S/C11H21NO2/c1-5-9(13)8(12)6-7-10(14)11(2,3)4/h8H,5-7,12H2,1-4H3. The summed E-state index contributed by atoms with van der Waals surface area (Å²) in [5, 5.41) is 0. The first kappa shape index (κ1) is 13.3. The Morgan fingerprint density at radius 3 is 2.14 bits per heavy atom. The zero-order valence-corrected chi connectivity index (χ0v) is 9.59. The molecule has 0 aliphatic heterocycles. The molecule has 0 saturated heterocycles. The Labute approximate surface area is 86.1 Å². The summed E-state index contributed by atoms with van der Waals surface area (Å²) >= 11 is 0. The van der Waals surface area contributed by atoms with E-state index in [9.17, 15) is 9.59 Å². The van der Waals surface area contributed by atoms with Gasteiger partial charge in [-0.2, -0.15) is 0 Å². The minimum atomic E-state index is -0.466. The van der Waals surface area contributed by atoms with Crippen molar-refractivity contribution in [2.75, 3.05) is 0 Å². The summed E-state index contributed by atoms with van der Waals surface area (Å²) in [5.41, 5.74) is 5.29. The lowest BCUT2D eigenvalue weighted by Crippen LogP contribution is -2.32. The van der Waals surface area contributed by atoms with E-state index >= 15 is 0 Å². The van der Waals surface area contributed by atoms with Crippen LogP contribution in [0, 0.1) is 5.41 Å². The number of hydrogen-bond acceptors (Lipinski definition) is 3. The van der Waals surface area contributed by atoms with Crippen molar-refractivity contribution in [1.82, 2.24) is 0 Å². The van der Waals surface area contributed by atoms with Gasteiger partial charge in [-0.25, -0.2) is 0 Å². The molecular weight excluding hydrogens is 178 g/mol. The fourth-order valence-electron chi connectivity index (χ4n) is 1.08. The van der Waals surface area contributed by atoms with Crippen LogP contribution in [-0.4, -0.2) is 17.6 Å². The molecule has 0 aliphatic carbocycles. The summed E-state index contributed by atoms with van der Waals surface area (Å²) in [6, 6.07) is -0.466. The molecule has 14 heavy (non-hydrogen) atoms. The van der Waals surface area contributed by atoms with Gasteiger partial charge in [0.2, 0.25) is 0 Å². The van der Waals surface area contributed by atoms with E-state index in [1.54, 1.807) is 6.92 Å². The van der Waals surface area contributed by atoms with Crippen molar-refractivity contribution in [3.05, 3.63) is 0 Å². The van der Waals surface area contributed by atoms with Crippen LogP contribution in [0.1, 0.15) is 47.0 Å². The van der Waals surface area contributed by atoms with Gasteiger partial charge in [-0.15, -0.1) is 0 Å². The van der Waals surface area contributed by atoms with Crippen LogP contribution in [0.4, 0.5) is 0 Å². The van der Waals surface area contributed by atoms with Gasteiger partial charge in [0.05, 0.1) is 6.04 Å². The molecule has 0 saturated carbocycles. The van der Waals surface area contributed by atoms with E-state index in [1.165, 1.54) is 0 Å². The van der Waals surface area contributed by atoms with E-state index < -0.39 is 6.04 Å². The van der Waals surface area contributed by atoms with Crippen LogP contribution in [0.5, 0.6) is 0 Å². The SMILES string of the molecule is CCC(=O)C(N)CCC(=O)C(C)(C)C. The third-order valence-electron chi connectivity index (χ3n) is 2.28. The maximum atomic E-state index is 11.5. The fraction of sp³-hybridized carbons (Fsp3) is 0.818. The molecule has 0 fully saturated rings. The average Bonchev–Trinajstić information content (AvgIpc) is 2.10. The van der Waals surface area contributed by atoms with E-state index in [2.05, 4.69) is 0 Å². The highest BCUT2D eigenvalue weighted by atomic mass is 16.1. The third kappa shape index (κ3) is 4.51. The average molecular weight is 199 g/mol. The first-order valence-electron chi connectivity index (χ1n) is 5.10. The van der Waals surface area contributed by atoms with Gasteiger partial charge in [-0.1, -0.05) is 27.7 Å². The Bertz CT molecular complexity index is 216. The minimum absolute atomic E-state index is 0.0340. The number of hydrogen-bond donors (Lipinski definition) is 1. The summed E-state index contributed by atoms with van der Waals surface area (Å²) < 4.78 is 0. The Morgan fingerprint density at radius 1 is 1.29 bits per heavy atom. The number of rotatable bonds is 5. The van der Waals surface area contributed by atoms with Gasteiger partial charge in [0, 0.05) is 18.3 Å². The van der Waals surface area contributed by atoms with E-state index in [0.29, 0.717) is 19.3 Å². The van der Waals surface area contributed by atoms with Crippen LogP contribution in [0.2, 0.25) is 0 Å². The maximum absolute atomic E-state index is 11.5. The molecule has 0 aliphatic rings. The van der Waals surface area contributed by atoms with Gasteiger partial charge in [-0.05, 0) is 6.42 Å². The third-order valence-corrected chi connectivity index (χ3v) is 2.28. The summed E-state index contributed by atoms with van der Waals surface area (Å²) in [4.78, 5) is 22.7. The quantitative estimate of drug-likeness (QED) is 0.733. The van der Waals surface area contributed by atoms with Crippen molar-refractivity contribution in [3.63, 3.8) is 0 Å². The van der Waals surface area contributed by atoms with Gasteiger partial charge in [0.1, 0.15) is 11.6 Å². The molecule has 0 spiro atoms. The Kier molecular flexibility index (Phi) is 4.99. The molecule has 0 aromatic heterocycles. The van der Waals surface area contributed by atoms with Crippen molar-refractivity contribution in [1.29, 1.82) is 0 Å². The molecular formula is C11H21NO2. The largest absolute Gasteiger partial charge is 0.321 e. The number of carbonyl (C=O) groups excluding carboxylic acids is 2. The molecule has 0 bridgehead atoms. The Balaban J connectivity index is 3.96. The lowest BCUT2D eigenvalue weighted by Gasteiger charge is -2.17. The Hall–Kier alpha value is -0.700. The van der Waals surface area contributed by atoms with Crippen LogP contribution in [0.3, 0.4) is 0 Å². The molecule has 3 heteroatoms. The van der Waals surface area contributed by atoms with Gasteiger partial charge < -0.3 is 5.73 Å². The van der Waals surface area contributed by atoms with Crippen LogP contribution in [-0.2, 0) is 9.59 Å². The molecule has 2 N–H and O–H groups in total. The molecule has 0 heterocycles. The number of carbonyl (C=O) groups is 2. The lowest BCUT2D eigenvalue weighted by molar-refractivity contribution is -0.126. The molecule has 0 rings (SSSR count). The zero-order valence-electron chi connectivity index (χ0n) is 9.59. The highest BCUT2D eigenvalue weighted by Crippen LogP contribution is 2.18. The van der Waals surface area contributed by atoms with Crippen molar-refractivity contribution < 1.29 is 9.59 Å². The molecule has 0 radical (unpaired) electrons. The summed E-state index contributed by atoms with van der Waals surface area (Å²) in [6.07, 6.45) is 1.32. The summed E-state index contributed by atoms with van der Waals surface area (Å²) in [7, 11) is 0. The number of Topliss-reactive ketones (excluding diaryl/α,β-unsaturated/α-hetero) is 2. The van der Waals surface area contributed by atoms with Crippen molar-refractivity contribution in [3.8, 4) is 0 Å². The van der Waals surface area contributed by atoms with Crippen LogP contribution in [0.15, 0.2) is 0 Å². The van der Waals surface area contributed by atoms with Crippen LogP contribution >= 0.6 is 0 Å². The number of nitrogens with two attached hydrogens (primary N) is 1. The molecule has 82 valence electrons. The first-order chi connectivity index (χ1) is 6.29. The van der Waals surface area contributed by atoms with E-state index in [0.717, 1.165) is 0 Å². The lowest BCUT2D eigenvalue weighted by atomic mass is 9.87. The highest BCUT2D eigenvalue weighted by Gasteiger charge is 2.22. The molecule has 1 atom stereocenters. The predicted octanol–water partition coefficient (Wildman–Crippen LogP) is 1.69. The second kappa shape index (κ2) is 5.25. The predicted molar refractivity (Wildman–Crippen MR) is 57.0 cm³/mol. The second-order valence-corrected chi connectivity index (χ2v) is 4.64. The summed E-state index contributed by atoms with van der Waals surface area (Å²) in [6.45, 7) is 7.42. The van der Waals surface area contributed by atoms with Crippen LogP contribution < -0.4 is 5.73 Å². The van der Waals surface area contributed by atoms with Crippen LogP contribution in [0.25, 0.3) is 0 Å². The fourth-order valence-corrected chi connectivity index (χ4v) is 1.08.